The summed E-state index contributed by atoms with van der Waals surface area (Å²) < 4.78 is 0. The molecule has 0 atom stereocenters. The average Bonchev–Trinajstić information content (AvgIpc) is 2.56. The zero-order valence-corrected chi connectivity index (χ0v) is 14.2. The van der Waals surface area contributed by atoms with Gasteiger partial charge in [0, 0.05) is 6.42 Å². The molecule has 2 N–H and O–H groups in total. The number of carbonyl (C=O) groups is 2. The predicted molar refractivity (Wildman–Crippen MR) is 91.7 cm³/mol. The van der Waals surface area contributed by atoms with Crippen molar-refractivity contribution in [2.45, 2.75) is 32.6 Å². The summed E-state index contributed by atoms with van der Waals surface area (Å²) in [6.45, 7) is 5.59. The Balaban J connectivity index is 2.02. The molecule has 0 radical (unpaired) electrons. The Morgan fingerprint density at radius 1 is 1.17 bits per heavy atom. The first-order valence-corrected chi connectivity index (χ1v) is 8.61. The summed E-state index contributed by atoms with van der Waals surface area (Å²) >= 11 is 0. The number of para-hydroxylation sites is 1. The van der Waals surface area contributed by atoms with Gasteiger partial charge in [0.2, 0.25) is 5.91 Å². The number of likely N-dealkylation sites (N-methyl/N-ethyl adjacent to an activating group) is 1. The molecule has 1 heterocycles. The zero-order chi connectivity index (χ0) is 16.7. The van der Waals surface area contributed by atoms with E-state index >= 15 is 0 Å². The first-order chi connectivity index (χ1) is 11.1. The lowest BCUT2D eigenvalue weighted by Crippen LogP contribution is -3.12. The molecule has 1 aromatic carbocycles. The van der Waals surface area contributed by atoms with Crippen molar-refractivity contribution >= 4 is 17.5 Å². The summed E-state index contributed by atoms with van der Waals surface area (Å²) in [5, 5.41) is 2.91. The van der Waals surface area contributed by atoms with Crippen LogP contribution in [-0.4, -0.2) is 49.9 Å². The van der Waals surface area contributed by atoms with E-state index in [0.29, 0.717) is 17.7 Å². The van der Waals surface area contributed by atoms with Crippen LogP contribution in [0.5, 0.6) is 0 Å². The van der Waals surface area contributed by atoms with Crippen molar-refractivity contribution in [1.29, 1.82) is 0 Å². The molecule has 5 heteroatoms. The molecule has 5 nitrogen and oxygen atoms in total. The van der Waals surface area contributed by atoms with Gasteiger partial charge in [-0.2, -0.15) is 0 Å². The molecule has 1 saturated heterocycles. The van der Waals surface area contributed by atoms with Crippen LogP contribution in [-0.2, 0) is 4.79 Å². The maximum Gasteiger partial charge on any atom is 0.256 e. The largest absolute Gasteiger partial charge is 0.334 e. The molecule has 1 fully saturated rings. The highest BCUT2D eigenvalue weighted by atomic mass is 16.2. The predicted octanol–water partition coefficient (Wildman–Crippen LogP) is 1.18. The fraction of sp³-hybridized carbons (Fsp3) is 0.556. The number of nitrogens with zero attached hydrogens (tertiary/aromatic N) is 1. The van der Waals surface area contributed by atoms with Crippen LogP contribution in [0.1, 0.15) is 43.0 Å². The first-order valence-electron chi connectivity index (χ1n) is 8.61. The van der Waals surface area contributed by atoms with Crippen LogP contribution in [0.25, 0.3) is 0 Å². The minimum absolute atomic E-state index is 0.0125. The van der Waals surface area contributed by atoms with Gasteiger partial charge in [0.1, 0.15) is 0 Å². The van der Waals surface area contributed by atoms with E-state index in [1.165, 1.54) is 4.90 Å². The number of amides is 2. The average molecular weight is 318 g/mol. The summed E-state index contributed by atoms with van der Waals surface area (Å²) in [4.78, 5) is 28.1. The molecule has 2 rings (SSSR count). The Kier molecular flexibility index (Phi) is 6.59. The van der Waals surface area contributed by atoms with Gasteiger partial charge in [-0.15, -0.1) is 0 Å². The van der Waals surface area contributed by atoms with Crippen molar-refractivity contribution in [2.24, 2.45) is 0 Å². The number of unbranched alkanes of at least 4 members (excludes halogenated alkanes) is 2. The van der Waals surface area contributed by atoms with Gasteiger partial charge in [0.15, 0.2) is 0 Å². The van der Waals surface area contributed by atoms with Gasteiger partial charge in [-0.25, -0.2) is 0 Å². The Hall–Kier alpha value is -1.88. The molecule has 0 aliphatic carbocycles. The normalized spacial score (nSPS) is 15.5. The quantitative estimate of drug-likeness (QED) is 0.774. The number of piperazine rings is 1. The highest BCUT2D eigenvalue weighted by molar-refractivity contribution is 6.03. The van der Waals surface area contributed by atoms with Crippen LogP contribution >= 0.6 is 0 Å². The number of hydrogen-bond acceptors (Lipinski definition) is 2. The van der Waals surface area contributed by atoms with Gasteiger partial charge in [-0.05, 0) is 18.6 Å². The highest BCUT2D eigenvalue weighted by Gasteiger charge is 2.24. The minimum atomic E-state index is -0.0125. The number of quaternary nitrogens is 1. The van der Waals surface area contributed by atoms with E-state index in [4.69, 9.17) is 0 Å². The molecule has 0 saturated carbocycles. The fourth-order valence-corrected chi connectivity index (χ4v) is 2.79. The number of rotatable bonds is 6. The van der Waals surface area contributed by atoms with E-state index in [9.17, 15) is 9.59 Å². The fourth-order valence-electron chi connectivity index (χ4n) is 2.79. The molecule has 1 aromatic rings. The number of nitrogens with one attached hydrogen (secondary N) is 2. The second-order valence-electron chi connectivity index (χ2n) is 6.30. The number of benzene rings is 1. The molecular formula is C18H28N3O2+. The Morgan fingerprint density at radius 3 is 2.57 bits per heavy atom. The molecule has 1 aliphatic heterocycles. The van der Waals surface area contributed by atoms with Crippen LogP contribution in [0, 0.1) is 0 Å². The van der Waals surface area contributed by atoms with Crippen LogP contribution < -0.4 is 10.2 Å². The number of anilines is 1. The van der Waals surface area contributed by atoms with Crippen molar-refractivity contribution in [3.8, 4) is 0 Å². The van der Waals surface area contributed by atoms with Crippen LogP contribution in [0.2, 0.25) is 0 Å². The van der Waals surface area contributed by atoms with E-state index in [-0.39, 0.29) is 11.8 Å². The monoisotopic (exact) mass is 318 g/mol. The summed E-state index contributed by atoms with van der Waals surface area (Å²) in [6.07, 6.45) is 3.54. The third-order valence-electron chi connectivity index (χ3n) is 4.34. The third-order valence-corrected chi connectivity index (χ3v) is 4.34. The molecular weight excluding hydrogens is 290 g/mol. The summed E-state index contributed by atoms with van der Waals surface area (Å²) in [6, 6.07) is 7.31. The Morgan fingerprint density at radius 2 is 1.87 bits per heavy atom. The molecule has 23 heavy (non-hydrogen) atoms. The SMILES string of the molecule is CCCCCC(=O)Nc1ccccc1C(=O)N1CC[NH+](C)CC1. The summed E-state index contributed by atoms with van der Waals surface area (Å²) in [5.74, 6) is 0.00322. The first kappa shape index (κ1) is 17.5. The highest BCUT2D eigenvalue weighted by Crippen LogP contribution is 2.18. The van der Waals surface area contributed by atoms with E-state index < -0.39 is 0 Å². The van der Waals surface area contributed by atoms with Crippen molar-refractivity contribution < 1.29 is 14.5 Å². The van der Waals surface area contributed by atoms with Gasteiger partial charge in [-0.3, -0.25) is 9.59 Å². The lowest BCUT2D eigenvalue weighted by molar-refractivity contribution is -0.883. The van der Waals surface area contributed by atoms with E-state index in [0.717, 1.165) is 45.4 Å². The standard InChI is InChI=1S/C18H27N3O2/c1-3-4-5-10-17(22)19-16-9-7-6-8-15(16)18(23)21-13-11-20(2)12-14-21/h6-9H,3-5,10-14H2,1-2H3,(H,19,22)/p+1. The molecule has 1 aliphatic rings. The number of carbonyl (C=O) groups excluding carboxylic acids is 2. The third kappa shape index (κ3) is 5.06. The Labute approximate surface area is 138 Å². The van der Waals surface area contributed by atoms with Crippen molar-refractivity contribution in [3.63, 3.8) is 0 Å². The van der Waals surface area contributed by atoms with Gasteiger partial charge in [-0.1, -0.05) is 31.9 Å². The van der Waals surface area contributed by atoms with Crippen LogP contribution in [0.3, 0.4) is 0 Å². The summed E-state index contributed by atoms with van der Waals surface area (Å²) in [7, 11) is 2.15. The second kappa shape index (κ2) is 8.67. The maximum absolute atomic E-state index is 12.7. The number of hydrogen-bond donors (Lipinski definition) is 2. The van der Waals surface area contributed by atoms with Gasteiger partial charge in [0.05, 0.1) is 44.5 Å². The lowest BCUT2D eigenvalue weighted by atomic mass is 10.1. The lowest BCUT2D eigenvalue weighted by Gasteiger charge is -2.30. The Bertz CT molecular complexity index is 537. The molecule has 126 valence electrons. The van der Waals surface area contributed by atoms with Crippen molar-refractivity contribution in [2.75, 3.05) is 38.5 Å². The zero-order valence-electron chi connectivity index (χ0n) is 14.2. The van der Waals surface area contributed by atoms with E-state index in [2.05, 4.69) is 19.3 Å². The van der Waals surface area contributed by atoms with Gasteiger partial charge >= 0.3 is 0 Å². The van der Waals surface area contributed by atoms with Crippen molar-refractivity contribution in [3.05, 3.63) is 29.8 Å². The molecule has 0 bridgehead atoms. The molecule has 0 spiro atoms. The minimum Gasteiger partial charge on any atom is -0.334 e. The maximum atomic E-state index is 12.7. The van der Waals surface area contributed by atoms with E-state index in [1.807, 2.05) is 23.1 Å². The second-order valence-corrected chi connectivity index (χ2v) is 6.30. The van der Waals surface area contributed by atoms with Crippen molar-refractivity contribution in [1.82, 2.24) is 4.90 Å². The topological polar surface area (TPSA) is 53.9 Å². The van der Waals surface area contributed by atoms with E-state index in [1.54, 1.807) is 6.07 Å². The molecule has 0 unspecified atom stereocenters. The van der Waals surface area contributed by atoms with Crippen LogP contribution in [0.4, 0.5) is 5.69 Å². The van der Waals surface area contributed by atoms with Gasteiger partial charge < -0.3 is 15.1 Å². The van der Waals surface area contributed by atoms with Crippen LogP contribution in [0.15, 0.2) is 24.3 Å². The molecule has 0 aromatic heterocycles. The summed E-state index contributed by atoms with van der Waals surface area (Å²) in [5.41, 5.74) is 1.22. The smallest absolute Gasteiger partial charge is 0.256 e. The van der Waals surface area contributed by atoms with Gasteiger partial charge in [0.25, 0.3) is 5.91 Å². The molecule has 2 amide bonds.